The summed E-state index contributed by atoms with van der Waals surface area (Å²) in [4.78, 5) is 31.6. The molecule has 0 spiro atoms. The van der Waals surface area contributed by atoms with Gasteiger partial charge < -0.3 is 19.6 Å². The van der Waals surface area contributed by atoms with Crippen LogP contribution in [0.1, 0.15) is 91.3 Å². The number of amides is 2. The fourth-order valence-corrected chi connectivity index (χ4v) is 8.20. The Morgan fingerprint density at radius 1 is 1.07 bits per heavy atom. The summed E-state index contributed by atoms with van der Waals surface area (Å²) in [5, 5.41) is 10.6. The Kier molecular flexibility index (Phi) is 8.20. The van der Waals surface area contributed by atoms with Gasteiger partial charge in [-0.15, -0.1) is 0 Å². The lowest BCUT2D eigenvalue weighted by atomic mass is 9.84. The number of fused-ring (bicyclic) bond motifs is 3. The number of hydrogen-bond donors (Lipinski definition) is 2. The molecular weight excluding hydrogens is 578 g/mol. The number of ether oxygens (including phenoxy) is 1. The molecule has 44 heavy (non-hydrogen) atoms. The van der Waals surface area contributed by atoms with Crippen LogP contribution in [0.4, 0.5) is 5.69 Å². The first-order chi connectivity index (χ1) is 20.9. The van der Waals surface area contributed by atoms with Gasteiger partial charge in [-0.3, -0.25) is 9.59 Å². The summed E-state index contributed by atoms with van der Waals surface area (Å²) in [6.45, 7) is 3.95. The summed E-state index contributed by atoms with van der Waals surface area (Å²) in [6, 6.07) is 11.6. The van der Waals surface area contributed by atoms with Gasteiger partial charge in [0.2, 0.25) is 15.9 Å². The lowest BCUT2D eigenvalue weighted by Crippen LogP contribution is -2.49. The fourth-order valence-electron chi connectivity index (χ4n) is 7.74. The highest BCUT2D eigenvalue weighted by molar-refractivity contribution is 7.89. The summed E-state index contributed by atoms with van der Waals surface area (Å²) in [5.74, 6) is 0.821. The van der Waals surface area contributed by atoms with Gasteiger partial charge in [0, 0.05) is 43.3 Å². The van der Waals surface area contributed by atoms with Crippen LogP contribution < -0.4 is 14.4 Å². The number of methoxy groups -OCH3 is 1. The Hall–Kier alpha value is -3.11. The summed E-state index contributed by atoms with van der Waals surface area (Å²) in [7, 11) is -2.08. The molecule has 10 heteroatoms. The third kappa shape index (κ3) is 6.33. The zero-order chi connectivity index (χ0) is 31.3. The molecule has 6 rings (SSSR count). The van der Waals surface area contributed by atoms with Crippen molar-refractivity contribution in [2.45, 2.75) is 82.8 Å². The van der Waals surface area contributed by atoms with Crippen LogP contribution in [-0.2, 0) is 27.8 Å². The predicted molar refractivity (Wildman–Crippen MR) is 169 cm³/mol. The molecule has 2 heterocycles. The first-order valence-electron chi connectivity index (χ1n) is 16.0. The molecule has 1 saturated heterocycles. The summed E-state index contributed by atoms with van der Waals surface area (Å²) in [6.07, 6.45) is 9.72. The highest BCUT2D eigenvalue weighted by Crippen LogP contribution is 2.63. The molecule has 3 fully saturated rings. The zero-order valence-electron chi connectivity index (χ0n) is 26.1. The topological polar surface area (TPSA) is 116 Å². The van der Waals surface area contributed by atoms with Gasteiger partial charge in [0.1, 0.15) is 5.75 Å². The molecule has 2 aliphatic heterocycles. The van der Waals surface area contributed by atoms with Gasteiger partial charge in [0.05, 0.1) is 24.4 Å². The largest absolute Gasteiger partial charge is 0.497 e. The van der Waals surface area contributed by atoms with Crippen LogP contribution >= 0.6 is 0 Å². The Bertz CT molecular complexity index is 1540. The van der Waals surface area contributed by atoms with Crippen LogP contribution in [0.15, 0.2) is 36.4 Å². The molecule has 2 aromatic carbocycles. The van der Waals surface area contributed by atoms with Crippen molar-refractivity contribution in [3.05, 3.63) is 58.7 Å². The van der Waals surface area contributed by atoms with Crippen LogP contribution in [0.3, 0.4) is 0 Å². The van der Waals surface area contributed by atoms with E-state index in [9.17, 15) is 23.1 Å². The number of carbonyl (C=O) groups is 2. The van der Waals surface area contributed by atoms with Gasteiger partial charge in [-0.1, -0.05) is 44.2 Å². The predicted octanol–water partition coefficient (Wildman–Crippen LogP) is 4.37. The van der Waals surface area contributed by atoms with Gasteiger partial charge >= 0.3 is 0 Å². The minimum absolute atomic E-state index is 0.0473. The number of piperidine rings is 1. The second-order valence-corrected chi connectivity index (χ2v) is 15.6. The van der Waals surface area contributed by atoms with E-state index in [-0.39, 0.29) is 17.4 Å². The molecule has 2 aromatic rings. The van der Waals surface area contributed by atoms with Crippen molar-refractivity contribution in [2.75, 3.05) is 37.9 Å². The van der Waals surface area contributed by atoms with Crippen LogP contribution in [0.5, 0.6) is 5.75 Å². The number of nitrogens with one attached hydrogen (secondary N) is 1. The lowest BCUT2D eigenvalue weighted by Gasteiger charge is -2.39. The van der Waals surface area contributed by atoms with E-state index in [1.54, 1.807) is 13.2 Å². The molecule has 9 nitrogen and oxygen atoms in total. The Morgan fingerprint density at radius 2 is 1.80 bits per heavy atom. The van der Waals surface area contributed by atoms with Crippen molar-refractivity contribution >= 4 is 27.5 Å². The van der Waals surface area contributed by atoms with Crippen LogP contribution in [0.25, 0.3) is 0 Å². The minimum Gasteiger partial charge on any atom is -0.497 e. The number of nitrogens with zero attached hydrogens (tertiary/aromatic N) is 2. The molecule has 0 bridgehead atoms. The van der Waals surface area contributed by atoms with Gasteiger partial charge in [0.15, 0.2) is 0 Å². The van der Waals surface area contributed by atoms with Crippen molar-refractivity contribution in [3.8, 4) is 5.75 Å². The second kappa shape index (κ2) is 11.7. The van der Waals surface area contributed by atoms with E-state index >= 15 is 0 Å². The molecule has 2 aliphatic carbocycles. The molecule has 4 aliphatic rings. The SMILES string of the molecule is COc1ccc2c(c1)C1CC1(C(=O)N1CCC(C)(O)CC1)CN(c1cc(C(=O)NS(C)(=O)=O)ccc1CC1CCCCC1)C2. The fraction of sp³-hybridized carbons (Fsp3) is 0.588. The minimum atomic E-state index is -3.73. The van der Waals surface area contributed by atoms with Gasteiger partial charge in [-0.05, 0) is 79.5 Å². The average Bonchev–Trinajstić information content (AvgIpc) is 3.72. The Balaban J connectivity index is 1.41. The van der Waals surface area contributed by atoms with E-state index in [2.05, 4.69) is 21.8 Å². The van der Waals surface area contributed by atoms with E-state index in [4.69, 9.17) is 4.74 Å². The van der Waals surface area contributed by atoms with Crippen molar-refractivity contribution in [3.63, 3.8) is 0 Å². The molecule has 0 radical (unpaired) electrons. The molecule has 238 valence electrons. The molecular formula is C34H45N3O6S. The molecule has 0 aromatic heterocycles. The smallest absolute Gasteiger partial charge is 0.264 e. The number of carbonyl (C=O) groups excluding carboxylic acids is 2. The van der Waals surface area contributed by atoms with Gasteiger partial charge in [0.25, 0.3) is 5.91 Å². The maximum atomic E-state index is 14.4. The average molecular weight is 624 g/mol. The maximum Gasteiger partial charge on any atom is 0.264 e. The Labute approximate surface area is 261 Å². The molecule has 2 saturated carbocycles. The molecule has 2 atom stereocenters. The normalized spacial score (nSPS) is 25.0. The number of rotatable bonds is 7. The van der Waals surface area contributed by atoms with Crippen molar-refractivity contribution in [1.29, 1.82) is 0 Å². The number of likely N-dealkylation sites (tertiary alicyclic amines) is 1. The molecule has 2 N–H and O–H groups in total. The number of benzene rings is 2. The Morgan fingerprint density at radius 3 is 2.48 bits per heavy atom. The van der Waals surface area contributed by atoms with Gasteiger partial charge in [-0.25, -0.2) is 13.1 Å². The summed E-state index contributed by atoms with van der Waals surface area (Å²) in [5.41, 5.74) is 3.16. The zero-order valence-corrected chi connectivity index (χ0v) is 26.9. The van der Waals surface area contributed by atoms with Crippen LogP contribution in [0, 0.1) is 11.3 Å². The van der Waals surface area contributed by atoms with Crippen molar-refractivity contribution in [2.24, 2.45) is 11.3 Å². The standard InChI is InChI=1S/C34H45N3O6S/c1-33(40)13-15-36(16-14-33)32(39)34-20-29(34)28-19-27(43-2)12-11-26(28)21-37(22-34)30-18-25(31(38)35-44(3,41)42)10-9-24(30)17-23-7-5-4-6-8-23/h9-12,18-19,23,29,40H,4-8,13-17,20-22H2,1-3H3,(H,35,38). The first kappa shape index (κ1) is 30.9. The van der Waals surface area contributed by atoms with E-state index < -0.39 is 26.9 Å². The highest BCUT2D eigenvalue weighted by Gasteiger charge is 2.64. The van der Waals surface area contributed by atoms with E-state index in [0.717, 1.165) is 47.2 Å². The van der Waals surface area contributed by atoms with E-state index in [1.165, 1.54) is 32.1 Å². The maximum absolute atomic E-state index is 14.4. The monoisotopic (exact) mass is 623 g/mol. The van der Waals surface area contributed by atoms with Crippen LogP contribution in [-0.4, -0.2) is 68.8 Å². The third-order valence-electron chi connectivity index (χ3n) is 10.4. The number of aliphatic hydroxyl groups is 1. The molecule has 2 amide bonds. The molecule has 2 unspecified atom stereocenters. The van der Waals surface area contributed by atoms with Crippen molar-refractivity contribution < 1.29 is 27.9 Å². The quantitative estimate of drug-likeness (QED) is 0.471. The van der Waals surface area contributed by atoms with Gasteiger partial charge in [-0.2, -0.15) is 0 Å². The number of anilines is 1. The number of sulfonamides is 1. The van der Waals surface area contributed by atoms with E-state index in [1.807, 2.05) is 30.0 Å². The second-order valence-electron chi connectivity index (χ2n) is 13.9. The van der Waals surface area contributed by atoms with Crippen LogP contribution in [0.2, 0.25) is 0 Å². The highest BCUT2D eigenvalue weighted by atomic mass is 32.2. The van der Waals surface area contributed by atoms with E-state index in [0.29, 0.717) is 44.9 Å². The third-order valence-corrected chi connectivity index (χ3v) is 10.9. The summed E-state index contributed by atoms with van der Waals surface area (Å²) < 4.78 is 31.5. The number of hydrogen-bond acceptors (Lipinski definition) is 7. The summed E-state index contributed by atoms with van der Waals surface area (Å²) >= 11 is 0. The van der Waals surface area contributed by atoms with Crippen molar-refractivity contribution in [1.82, 2.24) is 9.62 Å². The lowest BCUT2D eigenvalue weighted by molar-refractivity contribution is -0.140. The first-order valence-corrected chi connectivity index (χ1v) is 17.9.